The third-order valence-electron chi connectivity index (χ3n) is 1.36. The molecule has 1 aliphatic carbocycles. The van der Waals surface area contributed by atoms with Crippen molar-refractivity contribution in [1.29, 1.82) is 0 Å². The van der Waals surface area contributed by atoms with Crippen LogP contribution in [0.4, 0.5) is 0 Å². The first-order valence-electron chi connectivity index (χ1n) is 3.24. The molecule has 0 saturated carbocycles. The second-order valence-electron chi connectivity index (χ2n) is 2.23. The number of allylic oxidation sites excluding steroid dienone is 5. The molecular formula is C9H9S. The van der Waals surface area contributed by atoms with Crippen LogP contribution in [0.5, 0.6) is 0 Å². The van der Waals surface area contributed by atoms with Crippen molar-refractivity contribution >= 4 is 17.1 Å². The minimum Gasteiger partial charge on any atom is -0.103 e. The highest BCUT2D eigenvalue weighted by atomic mass is 32.1. The Balaban J connectivity index is 2.61. The fraction of sp³-hybridized carbons (Fsp3) is 0.222. The highest BCUT2D eigenvalue weighted by molar-refractivity contribution is 7.80. The van der Waals surface area contributed by atoms with Gasteiger partial charge in [-0.15, -0.1) is 6.58 Å². The smallest absolute Gasteiger partial charge is 0.0271 e. The Hall–Kier alpha value is -0.690. The van der Waals surface area contributed by atoms with Crippen LogP contribution in [-0.2, 0) is 0 Å². The molecule has 0 aromatic carbocycles. The minimum atomic E-state index is 0.887. The number of rotatable bonds is 2. The summed E-state index contributed by atoms with van der Waals surface area (Å²) in [6.07, 6.45) is 10.6. The van der Waals surface area contributed by atoms with Gasteiger partial charge in [0.15, 0.2) is 0 Å². The van der Waals surface area contributed by atoms with Gasteiger partial charge >= 0.3 is 0 Å². The van der Waals surface area contributed by atoms with Gasteiger partial charge in [0, 0.05) is 11.3 Å². The third-order valence-corrected chi connectivity index (χ3v) is 1.62. The van der Waals surface area contributed by atoms with Gasteiger partial charge in [-0.1, -0.05) is 36.0 Å². The predicted octanol–water partition coefficient (Wildman–Crippen LogP) is 2.62. The second kappa shape index (κ2) is 3.47. The second-order valence-corrected chi connectivity index (χ2v) is 2.72. The lowest BCUT2D eigenvalue weighted by molar-refractivity contribution is 1.15. The Kier molecular flexibility index (Phi) is 2.57. The van der Waals surface area contributed by atoms with E-state index in [0.29, 0.717) is 0 Å². The van der Waals surface area contributed by atoms with Gasteiger partial charge in [0.1, 0.15) is 0 Å². The molecule has 51 valence electrons. The molecule has 0 aromatic rings. The molecule has 0 aliphatic heterocycles. The molecule has 1 aliphatic rings. The fourth-order valence-corrected chi connectivity index (χ4v) is 1.15. The van der Waals surface area contributed by atoms with Gasteiger partial charge in [0.05, 0.1) is 0 Å². The van der Waals surface area contributed by atoms with Crippen molar-refractivity contribution < 1.29 is 0 Å². The van der Waals surface area contributed by atoms with E-state index in [0.717, 1.165) is 17.7 Å². The average molecular weight is 149 g/mol. The summed E-state index contributed by atoms with van der Waals surface area (Å²) >= 11 is 4.98. The van der Waals surface area contributed by atoms with E-state index in [1.165, 1.54) is 5.57 Å². The monoisotopic (exact) mass is 149 g/mol. The van der Waals surface area contributed by atoms with E-state index in [1.807, 2.05) is 12.2 Å². The normalized spacial score (nSPS) is 16.8. The van der Waals surface area contributed by atoms with Crippen molar-refractivity contribution in [1.82, 2.24) is 0 Å². The summed E-state index contributed by atoms with van der Waals surface area (Å²) in [4.78, 5) is 0.902. The quantitative estimate of drug-likeness (QED) is 0.429. The van der Waals surface area contributed by atoms with Gasteiger partial charge in [0.25, 0.3) is 0 Å². The molecule has 0 unspecified atom stereocenters. The summed E-state index contributed by atoms with van der Waals surface area (Å²) in [5, 5.41) is 0. The van der Waals surface area contributed by atoms with E-state index in [4.69, 9.17) is 12.2 Å². The predicted molar refractivity (Wildman–Crippen MR) is 47.9 cm³/mol. The molecule has 0 atom stereocenters. The molecule has 0 N–H and O–H groups in total. The van der Waals surface area contributed by atoms with Gasteiger partial charge < -0.3 is 0 Å². The largest absolute Gasteiger partial charge is 0.103 e. The molecule has 0 aromatic heterocycles. The summed E-state index contributed by atoms with van der Waals surface area (Å²) < 4.78 is 0. The fourth-order valence-electron chi connectivity index (χ4n) is 0.894. The Morgan fingerprint density at radius 1 is 1.80 bits per heavy atom. The zero-order valence-corrected chi connectivity index (χ0v) is 6.58. The van der Waals surface area contributed by atoms with Crippen molar-refractivity contribution in [3.63, 3.8) is 0 Å². The van der Waals surface area contributed by atoms with Crippen molar-refractivity contribution in [2.24, 2.45) is 0 Å². The lowest BCUT2D eigenvalue weighted by atomic mass is 10.0. The van der Waals surface area contributed by atoms with Crippen LogP contribution >= 0.6 is 12.2 Å². The van der Waals surface area contributed by atoms with Gasteiger partial charge in [-0.25, -0.2) is 0 Å². The van der Waals surface area contributed by atoms with E-state index in [2.05, 4.69) is 18.7 Å². The highest BCUT2D eigenvalue weighted by Gasteiger charge is 2.01. The lowest BCUT2D eigenvalue weighted by Crippen LogP contribution is -1.96. The SMILES string of the molecule is C=CCC1=CC=[C]C(=S)C1. The van der Waals surface area contributed by atoms with Crippen molar-refractivity contribution in [2.45, 2.75) is 12.8 Å². The van der Waals surface area contributed by atoms with Crippen molar-refractivity contribution in [2.75, 3.05) is 0 Å². The van der Waals surface area contributed by atoms with Crippen LogP contribution in [0, 0.1) is 6.08 Å². The van der Waals surface area contributed by atoms with Crippen LogP contribution in [0.2, 0.25) is 0 Å². The molecule has 0 fully saturated rings. The summed E-state index contributed by atoms with van der Waals surface area (Å²) in [6.45, 7) is 3.66. The van der Waals surface area contributed by atoms with Crippen LogP contribution in [0.3, 0.4) is 0 Å². The standard InChI is InChI=1S/C9H9S/c1-2-4-8-5-3-6-9(10)7-8/h2-3,5H,1,4,7H2. The van der Waals surface area contributed by atoms with Crippen LogP contribution in [0.15, 0.2) is 30.4 Å². The van der Waals surface area contributed by atoms with E-state index < -0.39 is 0 Å². The minimum absolute atomic E-state index is 0.887. The molecular weight excluding hydrogens is 140 g/mol. The number of hydrogen-bond acceptors (Lipinski definition) is 1. The van der Waals surface area contributed by atoms with Crippen LogP contribution in [-0.4, -0.2) is 4.86 Å². The van der Waals surface area contributed by atoms with E-state index in [1.54, 1.807) is 0 Å². The maximum atomic E-state index is 4.98. The van der Waals surface area contributed by atoms with Crippen LogP contribution in [0.25, 0.3) is 0 Å². The Labute approximate surface area is 66.9 Å². The highest BCUT2D eigenvalue weighted by Crippen LogP contribution is 2.13. The molecule has 0 amide bonds. The number of thiocarbonyl (C=S) groups is 1. The van der Waals surface area contributed by atoms with Crippen LogP contribution < -0.4 is 0 Å². The maximum absolute atomic E-state index is 4.98. The first kappa shape index (κ1) is 7.42. The molecule has 1 radical (unpaired) electrons. The molecule has 10 heavy (non-hydrogen) atoms. The molecule has 1 heteroatoms. The van der Waals surface area contributed by atoms with Gasteiger partial charge in [0.2, 0.25) is 0 Å². The first-order chi connectivity index (χ1) is 4.83. The Bertz CT molecular complexity index is 209. The van der Waals surface area contributed by atoms with Crippen LogP contribution in [0.1, 0.15) is 12.8 Å². The van der Waals surface area contributed by atoms with Gasteiger partial charge in [-0.05, 0) is 12.5 Å². The van der Waals surface area contributed by atoms with E-state index in [-0.39, 0.29) is 0 Å². The zero-order valence-electron chi connectivity index (χ0n) is 5.76. The molecule has 1 rings (SSSR count). The van der Waals surface area contributed by atoms with Gasteiger partial charge in [-0.2, -0.15) is 0 Å². The molecule has 0 saturated heterocycles. The molecule has 0 spiro atoms. The first-order valence-corrected chi connectivity index (χ1v) is 3.65. The Morgan fingerprint density at radius 2 is 2.60 bits per heavy atom. The summed E-state index contributed by atoms with van der Waals surface area (Å²) in [6, 6.07) is 0. The summed E-state index contributed by atoms with van der Waals surface area (Å²) in [7, 11) is 0. The maximum Gasteiger partial charge on any atom is 0.0271 e. The zero-order chi connectivity index (χ0) is 7.40. The molecule has 0 heterocycles. The molecule has 0 nitrogen and oxygen atoms in total. The van der Waals surface area contributed by atoms with E-state index in [9.17, 15) is 0 Å². The number of hydrogen-bond donors (Lipinski definition) is 0. The van der Waals surface area contributed by atoms with Gasteiger partial charge in [-0.3, -0.25) is 0 Å². The van der Waals surface area contributed by atoms with Crippen molar-refractivity contribution in [3.8, 4) is 0 Å². The Morgan fingerprint density at radius 3 is 3.20 bits per heavy atom. The molecule has 0 bridgehead atoms. The summed E-state index contributed by atoms with van der Waals surface area (Å²) in [5.41, 5.74) is 1.33. The van der Waals surface area contributed by atoms with E-state index >= 15 is 0 Å². The lowest BCUT2D eigenvalue weighted by Gasteiger charge is -2.05. The third kappa shape index (κ3) is 1.92. The average Bonchev–Trinajstić information content (AvgIpc) is 1.88. The summed E-state index contributed by atoms with van der Waals surface area (Å²) in [5.74, 6) is 0. The topological polar surface area (TPSA) is 0 Å². The van der Waals surface area contributed by atoms with Crippen molar-refractivity contribution in [3.05, 3.63) is 36.5 Å².